The fourth-order valence-electron chi connectivity index (χ4n) is 1.68. The predicted octanol–water partition coefficient (Wildman–Crippen LogP) is 2.76. The van der Waals surface area contributed by atoms with E-state index >= 15 is 0 Å². The van der Waals surface area contributed by atoms with E-state index < -0.39 is 0 Å². The van der Waals surface area contributed by atoms with Crippen molar-refractivity contribution < 1.29 is 13.9 Å². The first-order chi connectivity index (χ1) is 8.24. The summed E-state index contributed by atoms with van der Waals surface area (Å²) < 4.78 is 10.7. The summed E-state index contributed by atoms with van der Waals surface area (Å²) in [5.74, 6) is 0.908. The molecule has 84 valence electrons. The summed E-state index contributed by atoms with van der Waals surface area (Å²) in [6.45, 7) is 0. The number of hydrogen-bond donors (Lipinski definition) is 1. The average molecular weight is 228 g/mol. The van der Waals surface area contributed by atoms with Gasteiger partial charge in [-0.1, -0.05) is 0 Å². The quantitative estimate of drug-likeness (QED) is 0.695. The zero-order valence-corrected chi connectivity index (χ0v) is 8.71. The van der Waals surface area contributed by atoms with Crippen molar-refractivity contribution >= 4 is 11.0 Å². The highest BCUT2D eigenvalue weighted by atomic mass is 16.4. The lowest BCUT2D eigenvalue weighted by atomic mass is 10.2. The Bertz CT molecular complexity index is 723. The molecule has 0 unspecified atom stereocenters. The summed E-state index contributed by atoms with van der Waals surface area (Å²) >= 11 is 0. The summed E-state index contributed by atoms with van der Waals surface area (Å²) in [5, 5.41) is 9.66. The molecular weight excluding hydrogens is 220 g/mol. The molecule has 0 spiro atoms. The van der Waals surface area contributed by atoms with Crippen LogP contribution >= 0.6 is 0 Å². The van der Waals surface area contributed by atoms with Gasteiger partial charge >= 0.3 is 0 Å². The van der Waals surface area contributed by atoms with Crippen molar-refractivity contribution in [3.8, 4) is 17.3 Å². The molecular formula is C13H8O4. The highest BCUT2D eigenvalue weighted by Crippen LogP contribution is 2.24. The smallest absolute Gasteiger partial charge is 0.193 e. The minimum atomic E-state index is -0.214. The van der Waals surface area contributed by atoms with Crippen molar-refractivity contribution in [2.75, 3.05) is 0 Å². The number of phenols is 1. The third kappa shape index (κ3) is 1.59. The molecule has 0 aliphatic rings. The zero-order chi connectivity index (χ0) is 11.8. The molecule has 0 fully saturated rings. The molecule has 4 nitrogen and oxygen atoms in total. The van der Waals surface area contributed by atoms with Crippen LogP contribution in [0.5, 0.6) is 5.75 Å². The van der Waals surface area contributed by atoms with Gasteiger partial charge in [0.2, 0.25) is 0 Å². The first-order valence-corrected chi connectivity index (χ1v) is 5.05. The Morgan fingerprint density at radius 3 is 2.71 bits per heavy atom. The molecule has 0 saturated heterocycles. The lowest BCUT2D eigenvalue weighted by Crippen LogP contribution is -1.99. The van der Waals surface area contributed by atoms with E-state index in [1.807, 2.05) is 0 Å². The number of furan rings is 1. The SMILES string of the molecule is O=c1cc(-c2ccco2)oc2ccc(O)cc12. The summed E-state index contributed by atoms with van der Waals surface area (Å²) in [5.41, 5.74) is 0.204. The molecule has 0 aliphatic heterocycles. The fourth-order valence-corrected chi connectivity index (χ4v) is 1.68. The zero-order valence-electron chi connectivity index (χ0n) is 8.71. The van der Waals surface area contributed by atoms with Crippen LogP contribution in [0.2, 0.25) is 0 Å². The number of phenolic OH excluding ortho intramolecular Hbond substituents is 1. The molecule has 4 heteroatoms. The third-order valence-electron chi connectivity index (χ3n) is 2.47. The van der Waals surface area contributed by atoms with Crippen molar-refractivity contribution in [1.29, 1.82) is 0 Å². The standard InChI is InChI=1S/C13H8O4/c14-8-3-4-11-9(6-8)10(15)7-13(17-11)12-2-1-5-16-12/h1-7,14H. The number of fused-ring (bicyclic) bond motifs is 1. The van der Waals surface area contributed by atoms with Crippen molar-refractivity contribution in [3.63, 3.8) is 0 Å². The summed E-state index contributed by atoms with van der Waals surface area (Å²) in [6.07, 6.45) is 1.51. The second kappa shape index (κ2) is 3.52. The van der Waals surface area contributed by atoms with E-state index in [2.05, 4.69) is 0 Å². The van der Waals surface area contributed by atoms with Crippen LogP contribution in [0, 0.1) is 0 Å². The minimum Gasteiger partial charge on any atom is -0.508 e. The maximum atomic E-state index is 11.8. The molecule has 0 radical (unpaired) electrons. The third-order valence-corrected chi connectivity index (χ3v) is 2.47. The number of hydrogen-bond acceptors (Lipinski definition) is 4. The van der Waals surface area contributed by atoms with Crippen molar-refractivity contribution in [1.82, 2.24) is 0 Å². The molecule has 0 aliphatic carbocycles. The van der Waals surface area contributed by atoms with Gasteiger partial charge in [-0.25, -0.2) is 0 Å². The van der Waals surface area contributed by atoms with Gasteiger partial charge < -0.3 is 13.9 Å². The van der Waals surface area contributed by atoms with E-state index in [1.165, 1.54) is 24.5 Å². The number of aromatic hydroxyl groups is 1. The molecule has 1 aromatic carbocycles. The highest BCUT2D eigenvalue weighted by molar-refractivity contribution is 5.79. The largest absolute Gasteiger partial charge is 0.508 e. The van der Waals surface area contributed by atoms with Gasteiger partial charge in [-0.2, -0.15) is 0 Å². The van der Waals surface area contributed by atoms with Gasteiger partial charge in [0.15, 0.2) is 16.9 Å². The Morgan fingerprint density at radius 1 is 1.06 bits per heavy atom. The van der Waals surface area contributed by atoms with Crippen LogP contribution in [-0.4, -0.2) is 5.11 Å². The van der Waals surface area contributed by atoms with E-state index in [0.29, 0.717) is 22.5 Å². The maximum absolute atomic E-state index is 11.8. The molecule has 3 aromatic rings. The Balaban J connectivity index is 2.32. The molecule has 0 amide bonds. The van der Waals surface area contributed by atoms with Gasteiger partial charge in [0.1, 0.15) is 11.3 Å². The molecule has 3 rings (SSSR count). The van der Waals surface area contributed by atoms with Gasteiger partial charge in [0, 0.05) is 6.07 Å². The fraction of sp³-hybridized carbons (Fsp3) is 0. The lowest BCUT2D eigenvalue weighted by molar-refractivity contribution is 0.475. The topological polar surface area (TPSA) is 63.6 Å². The van der Waals surface area contributed by atoms with Gasteiger partial charge in [0.25, 0.3) is 0 Å². The summed E-state index contributed by atoms with van der Waals surface area (Å²) in [7, 11) is 0. The lowest BCUT2D eigenvalue weighted by Gasteiger charge is -2.00. The van der Waals surface area contributed by atoms with Crippen LogP contribution in [0.25, 0.3) is 22.5 Å². The average Bonchev–Trinajstić information content (AvgIpc) is 2.83. The van der Waals surface area contributed by atoms with Crippen molar-refractivity contribution in [3.05, 3.63) is 52.9 Å². The maximum Gasteiger partial charge on any atom is 0.193 e. The number of rotatable bonds is 1. The van der Waals surface area contributed by atoms with Gasteiger partial charge in [-0.05, 0) is 30.3 Å². The number of benzene rings is 1. The molecule has 0 saturated carbocycles. The molecule has 17 heavy (non-hydrogen) atoms. The Kier molecular flexibility index (Phi) is 2.01. The first-order valence-electron chi connectivity index (χ1n) is 5.05. The van der Waals surface area contributed by atoms with E-state index in [4.69, 9.17) is 8.83 Å². The molecule has 2 aromatic heterocycles. The van der Waals surface area contributed by atoms with Crippen molar-refractivity contribution in [2.45, 2.75) is 0 Å². The van der Waals surface area contributed by atoms with E-state index in [9.17, 15) is 9.90 Å². The van der Waals surface area contributed by atoms with Gasteiger partial charge in [-0.15, -0.1) is 0 Å². The van der Waals surface area contributed by atoms with Crippen LogP contribution in [0.3, 0.4) is 0 Å². The van der Waals surface area contributed by atoms with Crippen LogP contribution in [0.15, 0.2) is 56.3 Å². The molecule has 0 atom stereocenters. The van der Waals surface area contributed by atoms with E-state index in [-0.39, 0.29) is 11.2 Å². The molecule has 0 bridgehead atoms. The Hall–Kier alpha value is -2.49. The van der Waals surface area contributed by atoms with E-state index in [1.54, 1.807) is 18.2 Å². The highest BCUT2D eigenvalue weighted by Gasteiger charge is 2.09. The monoisotopic (exact) mass is 228 g/mol. The van der Waals surface area contributed by atoms with Crippen molar-refractivity contribution in [2.24, 2.45) is 0 Å². The predicted molar refractivity (Wildman–Crippen MR) is 61.9 cm³/mol. The van der Waals surface area contributed by atoms with Crippen LogP contribution < -0.4 is 5.43 Å². The van der Waals surface area contributed by atoms with Gasteiger partial charge in [0.05, 0.1) is 11.6 Å². The molecule has 1 N–H and O–H groups in total. The van der Waals surface area contributed by atoms with Crippen LogP contribution in [0.4, 0.5) is 0 Å². The van der Waals surface area contributed by atoms with Gasteiger partial charge in [-0.3, -0.25) is 4.79 Å². The molecule has 2 heterocycles. The Morgan fingerprint density at radius 2 is 1.94 bits per heavy atom. The second-order valence-corrected chi connectivity index (χ2v) is 3.63. The van der Waals surface area contributed by atoms with E-state index in [0.717, 1.165) is 0 Å². The summed E-state index contributed by atoms with van der Waals surface area (Å²) in [4.78, 5) is 11.8. The second-order valence-electron chi connectivity index (χ2n) is 3.63. The Labute approximate surface area is 95.7 Å². The first kappa shape index (κ1) is 9.72. The van der Waals surface area contributed by atoms with Crippen LogP contribution in [-0.2, 0) is 0 Å². The summed E-state index contributed by atoms with van der Waals surface area (Å²) in [6, 6.07) is 9.18. The normalized spacial score (nSPS) is 10.8. The van der Waals surface area contributed by atoms with Crippen LogP contribution in [0.1, 0.15) is 0 Å². The minimum absolute atomic E-state index is 0.0375.